The first-order valence-corrected chi connectivity index (χ1v) is 10.6. The zero-order valence-electron chi connectivity index (χ0n) is 16.2. The van der Waals surface area contributed by atoms with Gasteiger partial charge in [0, 0.05) is 12.3 Å². The molecule has 2 atom stereocenters. The summed E-state index contributed by atoms with van der Waals surface area (Å²) in [5.74, 6) is -1.44. The van der Waals surface area contributed by atoms with E-state index in [1.165, 1.54) is 5.56 Å². The first-order chi connectivity index (χ1) is 12.5. The van der Waals surface area contributed by atoms with Gasteiger partial charge in [0.2, 0.25) is 0 Å². The minimum Gasteiger partial charge on any atom is -0.207 e. The van der Waals surface area contributed by atoms with E-state index in [9.17, 15) is 8.78 Å². The van der Waals surface area contributed by atoms with E-state index in [2.05, 4.69) is 37.8 Å². The van der Waals surface area contributed by atoms with Crippen LogP contribution in [0.5, 0.6) is 0 Å². The van der Waals surface area contributed by atoms with E-state index in [0.29, 0.717) is 18.3 Å². The minimum atomic E-state index is -2.44. The Bertz CT molecular complexity index is 566. The Kier molecular flexibility index (Phi) is 6.53. The minimum absolute atomic E-state index is 0.144. The van der Waals surface area contributed by atoms with Crippen molar-refractivity contribution < 1.29 is 8.78 Å². The van der Waals surface area contributed by atoms with Crippen LogP contribution in [0, 0.1) is 17.8 Å². The molecule has 2 aliphatic carbocycles. The Morgan fingerprint density at radius 3 is 2.23 bits per heavy atom. The highest BCUT2D eigenvalue weighted by Crippen LogP contribution is 2.49. The van der Waals surface area contributed by atoms with E-state index in [1.54, 1.807) is 0 Å². The molecule has 2 unspecified atom stereocenters. The van der Waals surface area contributed by atoms with Gasteiger partial charge in [-0.2, -0.15) is 0 Å². The molecular formula is C24H34F2. The van der Waals surface area contributed by atoms with Crippen molar-refractivity contribution in [1.82, 2.24) is 0 Å². The second-order valence-electron chi connectivity index (χ2n) is 8.62. The van der Waals surface area contributed by atoms with Crippen molar-refractivity contribution in [2.24, 2.45) is 17.8 Å². The third-order valence-corrected chi connectivity index (χ3v) is 7.01. The Balaban J connectivity index is 1.52. The normalized spacial score (nSPS) is 31.5. The first-order valence-electron chi connectivity index (χ1n) is 10.6. The Labute approximate surface area is 158 Å². The molecule has 1 aromatic rings. The average molecular weight is 361 g/mol. The topological polar surface area (TPSA) is 0 Å². The molecule has 144 valence electrons. The van der Waals surface area contributed by atoms with E-state index >= 15 is 0 Å². The van der Waals surface area contributed by atoms with Gasteiger partial charge in [-0.15, -0.1) is 0 Å². The molecule has 0 amide bonds. The summed E-state index contributed by atoms with van der Waals surface area (Å²) in [6, 6.07) is 8.70. The van der Waals surface area contributed by atoms with Gasteiger partial charge in [0.1, 0.15) is 0 Å². The fourth-order valence-corrected chi connectivity index (χ4v) is 5.28. The highest BCUT2D eigenvalue weighted by molar-refractivity contribution is 5.47. The van der Waals surface area contributed by atoms with Crippen LogP contribution in [0.25, 0.3) is 6.08 Å². The van der Waals surface area contributed by atoms with E-state index in [4.69, 9.17) is 0 Å². The summed E-state index contributed by atoms with van der Waals surface area (Å²) < 4.78 is 29.2. The van der Waals surface area contributed by atoms with Crippen molar-refractivity contribution in [3.05, 3.63) is 42.0 Å². The summed E-state index contributed by atoms with van der Waals surface area (Å²) in [5.41, 5.74) is 2.56. The molecule has 2 aliphatic rings. The molecule has 0 aliphatic heterocycles. The van der Waals surface area contributed by atoms with Crippen molar-refractivity contribution in [1.29, 1.82) is 0 Å². The number of halogens is 2. The average Bonchev–Trinajstić information content (AvgIpc) is 2.67. The number of alkyl halides is 2. The first kappa shape index (κ1) is 19.6. The van der Waals surface area contributed by atoms with Crippen LogP contribution in [0.2, 0.25) is 0 Å². The van der Waals surface area contributed by atoms with Gasteiger partial charge in [-0.25, -0.2) is 8.78 Å². The van der Waals surface area contributed by atoms with Gasteiger partial charge >= 0.3 is 0 Å². The summed E-state index contributed by atoms with van der Waals surface area (Å²) in [7, 11) is 0. The van der Waals surface area contributed by atoms with Crippen LogP contribution in [0.3, 0.4) is 0 Å². The fraction of sp³-hybridized carbons (Fsp3) is 0.667. The monoisotopic (exact) mass is 360 g/mol. The molecule has 26 heavy (non-hydrogen) atoms. The molecule has 0 heterocycles. The predicted molar refractivity (Wildman–Crippen MR) is 107 cm³/mol. The third-order valence-electron chi connectivity index (χ3n) is 7.01. The summed E-state index contributed by atoms with van der Waals surface area (Å²) in [6.07, 6.45) is 11.0. The van der Waals surface area contributed by atoms with E-state index in [1.807, 2.05) is 6.08 Å². The summed E-state index contributed by atoms with van der Waals surface area (Å²) in [5, 5.41) is 0. The maximum absolute atomic E-state index is 14.6. The molecule has 1 aromatic carbocycles. The summed E-state index contributed by atoms with van der Waals surface area (Å²) >= 11 is 0. The number of rotatable bonds is 6. The molecule has 0 spiro atoms. The van der Waals surface area contributed by atoms with Crippen LogP contribution in [-0.2, 0) is 0 Å². The van der Waals surface area contributed by atoms with Gasteiger partial charge in [-0.1, -0.05) is 56.7 Å². The summed E-state index contributed by atoms with van der Waals surface area (Å²) in [4.78, 5) is 0. The van der Waals surface area contributed by atoms with Crippen LogP contribution in [0.1, 0.15) is 88.2 Å². The number of benzene rings is 1. The standard InChI is InChI=1S/C24H34F2/c1-3-5-6-23-16-15-22(17-24(23,25)26)21-13-11-20(12-14-21)19-9-7-18(4-2)8-10-19/h4,7-10,20-23H,2-3,5-6,11-17H2,1H3. The van der Waals surface area contributed by atoms with Gasteiger partial charge in [0.25, 0.3) is 5.92 Å². The molecule has 2 heteroatoms. The molecule has 0 nitrogen and oxygen atoms in total. The number of hydrogen-bond acceptors (Lipinski definition) is 0. The SMILES string of the molecule is C=Cc1ccc(C2CCC(C3CCC(CCCC)C(F)(F)C3)CC2)cc1. The second kappa shape index (κ2) is 8.67. The fourth-order valence-electron chi connectivity index (χ4n) is 5.28. The molecule has 3 rings (SSSR count). The molecule has 0 aromatic heterocycles. The molecule has 2 saturated carbocycles. The van der Waals surface area contributed by atoms with E-state index in [-0.39, 0.29) is 18.3 Å². The predicted octanol–water partition coefficient (Wildman–Crippen LogP) is 7.85. The molecular weight excluding hydrogens is 326 g/mol. The van der Waals surface area contributed by atoms with Crippen LogP contribution in [0.4, 0.5) is 8.78 Å². The van der Waals surface area contributed by atoms with Crippen LogP contribution in [0.15, 0.2) is 30.8 Å². The quantitative estimate of drug-likeness (QED) is 0.484. The lowest BCUT2D eigenvalue weighted by molar-refractivity contribution is -0.114. The maximum atomic E-state index is 14.6. The van der Waals surface area contributed by atoms with Gasteiger partial charge < -0.3 is 0 Å². The maximum Gasteiger partial charge on any atom is 0.251 e. The van der Waals surface area contributed by atoms with Gasteiger partial charge in [-0.3, -0.25) is 0 Å². The van der Waals surface area contributed by atoms with Crippen molar-refractivity contribution in [2.75, 3.05) is 0 Å². The number of hydrogen-bond donors (Lipinski definition) is 0. The molecule has 0 saturated heterocycles. The Morgan fingerprint density at radius 2 is 1.65 bits per heavy atom. The van der Waals surface area contributed by atoms with E-state index < -0.39 is 5.92 Å². The zero-order valence-corrected chi connectivity index (χ0v) is 16.2. The highest BCUT2D eigenvalue weighted by Gasteiger charge is 2.46. The van der Waals surface area contributed by atoms with Crippen molar-refractivity contribution in [3.8, 4) is 0 Å². The summed E-state index contributed by atoms with van der Waals surface area (Å²) in [6.45, 7) is 5.90. The van der Waals surface area contributed by atoms with Crippen LogP contribution in [-0.4, -0.2) is 5.92 Å². The van der Waals surface area contributed by atoms with Gasteiger partial charge in [0.05, 0.1) is 0 Å². The zero-order chi connectivity index (χ0) is 18.6. The van der Waals surface area contributed by atoms with Crippen LogP contribution < -0.4 is 0 Å². The third kappa shape index (κ3) is 4.56. The second-order valence-corrected chi connectivity index (χ2v) is 8.62. The van der Waals surface area contributed by atoms with Gasteiger partial charge in [-0.05, 0) is 73.8 Å². The van der Waals surface area contributed by atoms with Crippen molar-refractivity contribution in [3.63, 3.8) is 0 Å². The molecule has 0 N–H and O–H groups in total. The molecule has 0 bridgehead atoms. The lowest BCUT2D eigenvalue weighted by Gasteiger charge is -2.41. The smallest absolute Gasteiger partial charge is 0.207 e. The lowest BCUT2D eigenvalue weighted by atomic mass is 9.66. The largest absolute Gasteiger partial charge is 0.251 e. The van der Waals surface area contributed by atoms with Crippen molar-refractivity contribution >= 4 is 6.08 Å². The Hall–Kier alpha value is -1.18. The van der Waals surface area contributed by atoms with Crippen LogP contribution >= 0.6 is 0 Å². The highest BCUT2D eigenvalue weighted by atomic mass is 19.3. The molecule has 0 radical (unpaired) electrons. The van der Waals surface area contributed by atoms with Crippen molar-refractivity contribution in [2.45, 2.75) is 83.0 Å². The lowest BCUT2D eigenvalue weighted by Crippen LogP contribution is -2.38. The Morgan fingerprint density at radius 1 is 1.00 bits per heavy atom. The number of unbranched alkanes of at least 4 members (excludes halogenated alkanes) is 1. The van der Waals surface area contributed by atoms with Gasteiger partial charge in [0.15, 0.2) is 0 Å². The molecule has 2 fully saturated rings. The van der Waals surface area contributed by atoms with E-state index in [0.717, 1.165) is 56.9 Å².